The summed E-state index contributed by atoms with van der Waals surface area (Å²) >= 11 is 1.58. The number of aromatic nitrogens is 2. The van der Waals surface area contributed by atoms with Gasteiger partial charge in [-0.25, -0.2) is 23.8 Å². The summed E-state index contributed by atoms with van der Waals surface area (Å²) in [6.07, 6.45) is 4.86. The molecule has 0 amide bonds. The Hall–Kier alpha value is -2.58. The van der Waals surface area contributed by atoms with Crippen LogP contribution in [0.2, 0.25) is 0 Å². The van der Waals surface area contributed by atoms with Crippen molar-refractivity contribution in [3.05, 3.63) is 59.0 Å². The molecule has 0 saturated heterocycles. The lowest BCUT2D eigenvalue weighted by molar-refractivity contribution is 0.587. The van der Waals surface area contributed by atoms with Gasteiger partial charge >= 0.3 is 0 Å². The fraction of sp³-hybridized carbons (Fsp3) is 0.167. The average molecular weight is 387 g/mol. The molecule has 3 rings (SSSR count). The average Bonchev–Trinajstić information content (AvgIpc) is 3.16. The largest absolute Gasteiger partial charge is 0.245 e. The Morgan fingerprint density at radius 1 is 1.12 bits per heavy atom. The molecule has 8 heteroatoms. The molecule has 26 heavy (non-hydrogen) atoms. The Morgan fingerprint density at radius 2 is 1.85 bits per heavy atom. The van der Waals surface area contributed by atoms with Crippen molar-refractivity contribution in [2.75, 3.05) is 5.43 Å². The van der Waals surface area contributed by atoms with Gasteiger partial charge in [0.05, 0.1) is 16.4 Å². The maximum absolute atomic E-state index is 12.6. The molecule has 0 saturated carbocycles. The molecule has 0 bridgehead atoms. The van der Waals surface area contributed by atoms with E-state index >= 15 is 0 Å². The van der Waals surface area contributed by atoms with Gasteiger partial charge in [-0.3, -0.25) is 0 Å². The first-order chi connectivity index (χ1) is 12.5. The third-order valence-corrected chi connectivity index (χ3v) is 6.69. The number of hydrogen-bond acceptors (Lipinski definition) is 7. The number of hydrogen-bond donors (Lipinski definition) is 1. The second-order valence-corrected chi connectivity index (χ2v) is 9.22. The molecule has 6 nitrogen and oxygen atoms in total. The molecule has 0 atom stereocenters. The van der Waals surface area contributed by atoms with Gasteiger partial charge in [0.25, 0.3) is 0 Å². The molecule has 0 aliphatic heterocycles. The molecule has 0 aliphatic rings. The van der Waals surface area contributed by atoms with Gasteiger partial charge in [-0.2, -0.15) is 5.10 Å². The summed E-state index contributed by atoms with van der Waals surface area (Å²) in [5.41, 5.74) is 3.99. The normalized spacial score (nSPS) is 12.0. The predicted molar refractivity (Wildman–Crippen MR) is 105 cm³/mol. The van der Waals surface area contributed by atoms with Crippen molar-refractivity contribution < 1.29 is 8.42 Å². The van der Waals surface area contributed by atoms with E-state index in [1.54, 1.807) is 68.1 Å². The van der Waals surface area contributed by atoms with E-state index in [-0.39, 0.29) is 4.90 Å². The van der Waals surface area contributed by atoms with Crippen LogP contribution in [0.15, 0.2) is 64.2 Å². The zero-order valence-corrected chi connectivity index (χ0v) is 16.0. The van der Waals surface area contributed by atoms with Crippen molar-refractivity contribution in [2.45, 2.75) is 24.0 Å². The zero-order chi connectivity index (χ0) is 18.6. The van der Waals surface area contributed by atoms with Crippen molar-refractivity contribution in [2.24, 2.45) is 5.10 Å². The van der Waals surface area contributed by atoms with Gasteiger partial charge in [0.15, 0.2) is 9.84 Å². The van der Waals surface area contributed by atoms with Crippen LogP contribution in [0.25, 0.3) is 11.1 Å². The Kier molecular flexibility index (Phi) is 5.43. The monoisotopic (exact) mass is 386 g/mol. The van der Waals surface area contributed by atoms with Crippen molar-refractivity contribution in [1.29, 1.82) is 0 Å². The second-order valence-electron chi connectivity index (χ2n) is 5.77. The molecule has 2 aromatic heterocycles. The number of benzene rings is 1. The van der Waals surface area contributed by atoms with Crippen LogP contribution in [0.5, 0.6) is 0 Å². The molecule has 0 aliphatic carbocycles. The van der Waals surface area contributed by atoms with Gasteiger partial charge in [0.1, 0.15) is 0 Å². The lowest BCUT2D eigenvalue weighted by Gasteiger charge is -2.12. The van der Waals surface area contributed by atoms with Gasteiger partial charge in [0, 0.05) is 28.4 Å². The van der Waals surface area contributed by atoms with Crippen LogP contribution in [0.3, 0.4) is 0 Å². The van der Waals surface area contributed by atoms with Crippen molar-refractivity contribution in [3.63, 3.8) is 0 Å². The predicted octanol–water partition coefficient (Wildman–Crippen LogP) is 3.83. The number of nitrogens with one attached hydrogen (secondary N) is 1. The highest BCUT2D eigenvalue weighted by atomic mass is 32.2. The minimum atomic E-state index is -3.40. The summed E-state index contributed by atoms with van der Waals surface area (Å²) in [4.78, 5) is 9.73. The Balaban J connectivity index is 1.83. The van der Waals surface area contributed by atoms with Crippen LogP contribution in [-0.2, 0) is 9.84 Å². The van der Waals surface area contributed by atoms with E-state index in [0.29, 0.717) is 17.1 Å². The molecule has 134 valence electrons. The molecule has 2 heterocycles. The Labute approximate surface area is 156 Å². The van der Waals surface area contributed by atoms with Crippen molar-refractivity contribution >= 4 is 33.3 Å². The van der Waals surface area contributed by atoms with E-state index in [1.165, 1.54) is 0 Å². The van der Waals surface area contributed by atoms with Gasteiger partial charge < -0.3 is 0 Å². The summed E-state index contributed by atoms with van der Waals surface area (Å²) in [6, 6.07) is 10.8. The Morgan fingerprint density at radius 3 is 2.50 bits per heavy atom. The molecule has 0 radical (unpaired) electrons. The van der Waals surface area contributed by atoms with E-state index < -0.39 is 15.1 Å². The maximum Gasteiger partial charge on any atom is 0.243 e. The smallest absolute Gasteiger partial charge is 0.243 e. The standard InChI is InChI=1S/C18H18N4O2S2/c1-13(2)26(23,24)17-8-4-3-7-16(17)14-10-19-18(20-11-14)22-21-12-15-6-5-9-25-15/h3-13H,1-2H3,(H,19,20,22). The molecule has 0 fully saturated rings. The first-order valence-electron chi connectivity index (χ1n) is 7.96. The number of thiophene rings is 1. The molecule has 0 spiro atoms. The van der Waals surface area contributed by atoms with Gasteiger partial charge in [-0.05, 0) is 31.4 Å². The second kappa shape index (κ2) is 7.76. The zero-order valence-electron chi connectivity index (χ0n) is 14.3. The van der Waals surface area contributed by atoms with Crippen molar-refractivity contribution in [1.82, 2.24) is 9.97 Å². The first-order valence-corrected chi connectivity index (χ1v) is 10.4. The summed E-state index contributed by atoms with van der Waals surface area (Å²) in [6.45, 7) is 3.34. The lowest BCUT2D eigenvalue weighted by Crippen LogP contribution is -2.15. The van der Waals surface area contributed by atoms with Gasteiger partial charge in [-0.1, -0.05) is 24.3 Å². The van der Waals surface area contributed by atoms with Gasteiger partial charge in [-0.15, -0.1) is 11.3 Å². The highest BCUT2D eigenvalue weighted by Gasteiger charge is 2.23. The number of hydrazone groups is 1. The van der Waals surface area contributed by atoms with E-state index in [9.17, 15) is 8.42 Å². The molecular formula is C18H18N4O2S2. The SMILES string of the molecule is CC(C)S(=O)(=O)c1ccccc1-c1cnc(NN=Cc2cccs2)nc1. The quantitative estimate of drug-likeness (QED) is 0.514. The van der Waals surface area contributed by atoms with Gasteiger partial charge in [0.2, 0.25) is 5.95 Å². The minimum Gasteiger partial charge on any atom is -0.245 e. The highest BCUT2D eigenvalue weighted by molar-refractivity contribution is 7.92. The topological polar surface area (TPSA) is 84.3 Å². The fourth-order valence-electron chi connectivity index (χ4n) is 2.25. The molecule has 1 aromatic carbocycles. The van der Waals surface area contributed by atoms with Crippen LogP contribution in [0.4, 0.5) is 5.95 Å². The third kappa shape index (κ3) is 3.97. The van der Waals surface area contributed by atoms with E-state index in [1.807, 2.05) is 17.5 Å². The van der Waals surface area contributed by atoms with Crippen molar-refractivity contribution in [3.8, 4) is 11.1 Å². The van der Waals surface area contributed by atoms with Crippen LogP contribution in [-0.4, -0.2) is 29.9 Å². The van der Waals surface area contributed by atoms with E-state index in [2.05, 4.69) is 20.5 Å². The van der Waals surface area contributed by atoms with E-state index in [0.717, 1.165) is 4.88 Å². The van der Waals surface area contributed by atoms with Crippen LogP contribution < -0.4 is 5.43 Å². The van der Waals surface area contributed by atoms with E-state index in [4.69, 9.17) is 0 Å². The third-order valence-electron chi connectivity index (χ3n) is 3.68. The van der Waals surface area contributed by atoms with Crippen LogP contribution >= 0.6 is 11.3 Å². The minimum absolute atomic E-state index is 0.287. The van der Waals surface area contributed by atoms with Crippen LogP contribution in [0, 0.1) is 0 Å². The maximum atomic E-state index is 12.6. The number of rotatable bonds is 6. The fourth-order valence-corrected chi connectivity index (χ4v) is 4.10. The summed E-state index contributed by atoms with van der Waals surface area (Å²) in [5.74, 6) is 0.339. The number of anilines is 1. The molecular weight excluding hydrogens is 368 g/mol. The number of sulfone groups is 1. The first kappa shape index (κ1) is 18.2. The highest BCUT2D eigenvalue weighted by Crippen LogP contribution is 2.29. The lowest BCUT2D eigenvalue weighted by atomic mass is 10.1. The number of nitrogens with zero attached hydrogens (tertiary/aromatic N) is 3. The molecule has 0 unspecified atom stereocenters. The summed E-state index contributed by atoms with van der Waals surface area (Å²) < 4.78 is 25.2. The Bertz CT molecular complexity index is 996. The summed E-state index contributed by atoms with van der Waals surface area (Å²) in [7, 11) is -3.40. The van der Waals surface area contributed by atoms with Crippen LogP contribution in [0.1, 0.15) is 18.7 Å². The summed E-state index contributed by atoms with van der Waals surface area (Å²) in [5, 5.41) is 5.55. The molecule has 3 aromatic rings. The molecule has 1 N–H and O–H groups in total.